The Morgan fingerprint density at radius 3 is 2.04 bits per heavy atom. The van der Waals surface area contributed by atoms with Crippen LogP contribution in [0, 0.1) is 0 Å². The van der Waals surface area contributed by atoms with Crippen molar-refractivity contribution >= 4 is 7.81 Å². The molecule has 0 aliphatic carbocycles. The van der Waals surface area contributed by atoms with Gasteiger partial charge < -0.3 is 0 Å². The van der Waals surface area contributed by atoms with Crippen molar-refractivity contribution in [1.82, 2.24) is 4.57 Å². The van der Waals surface area contributed by atoms with Gasteiger partial charge in [0.15, 0.2) is 0 Å². The summed E-state index contributed by atoms with van der Waals surface area (Å²) in [5.41, 5.74) is 1.37. The Kier molecular flexibility index (Phi) is 9.71. The van der Waals surface area contributed by atoms with Crippen LogP contribution in [0.1, 0.15) is 25.3 Å². The van der Waals surface area contributed by atoms with Gasteiger partial charge in [0.2, 0.25) is 6.33 Å². The van der Waals surface area contributed by atoms with Crippen LogP contribution < -0.4 is 4.57 Å². The number of hydrogen-bond donors (Lipinski definition) is 0. The van der Waals surface area contributed by atoms with Gasteiger partial charge in [-0.25, -0.2) is 33.4 Å². The molecular formula is C18H23F6FeN2P. The van der Waals surface area contributed by atoms with E-state index < -0.39 is 7.81 Å². The molecule has 2 aromatic carbocycles. The molecule has 28 heavy (non-hydrogen) atoms. The number of nitrogens with zero attached hydrogens (tertiary/aromatic N) is 2. The number of imidazole rings is 1. The molecule has 10 heteroatoms. The Morgan fingerprint density at radius 1 is 1.00 bits per heavy atom. The largest absolute Gasteiger partial charge is 2.00 e. The van der Waals surface area contributed by atoms with Crippen LogP contribution >= 0.6 is 7.81 Å². The summed E-state index contributed by atoms with van der Waals surface area (Å²) in [6, 6.07) is 18.5. The van der Waals surface area contributed by atoms with E-state index in [0.717, 1.165) is 13.1 Å². The van der Waals surface area contributed by atoms with Crippen molar-refractivity contribution in [3.63, 3.8) is 0 Å². The summed E-state index contributed by atoms with van der Waals surface area (Å²) < 4.78 is 63.7. The van der Waals surface area contributed by atoms with Gasteiger partial charge in [-0.1, -0.05) is 13.3 Å². The molecule has 2 nitrogen and oxygen atoms in total. The van der Waals surface area contributed by atoms with Crippen LogP contribution in [0.4, 0.5) is 25.2 Å². The summed E-state index contributed by atoms with van der Waals surface area (Å²) in [5, 5.41) is 0. The first-order chi connectivity index (χ1) is 12.3. The van der Waals surface area contributed by atoms with Gasteiger partial charge in [-0.05, 0) is 6.42 Å². The predicted octanol–water partition coefficient (Wildman–Crippen LogP) is 7.13. The number of halogens is 6. The van der Waals surface area contributed by atoms with Crippen molar-refractivity contribution in [2.45, 2.75) is 32.9 Å². The zero-order chi connectivity index (χ0) is 20.5. The van der Waals surface area contributed by atoms with E-state index in [2.05, 4.69) is 59.0 Å². The number of aryl methyl sites for hydroxylation is 1. The van der Waals surface area contributed by atoms with Gasteiger partial charge in [-0.15, -0.1) is 5.56 Å². The Morgan fingerprint density at radius 2 is 1.61 bits per heavy atom. The minimum Gasteiger partial charge on any atom is -0.214 e. The van der Waals surface area contributed by atoms with Crippen LogP contribution in [0.3, 0.4) is 0 Å². The zero-order valence-electron chi connectivity index (χ0n) is 15.2. The van der Waals surface area contributed by atoms with Crippen molar-refractivity contribution in [2.24, 2.45) is 0 Å². The molecule has 3 rings (SSSR count). The smallest absolute Gasteiger partial charge is 0.214 e. The van der Waals surface area contributed by atoms with E-state index in [1.54, 1.807) is 0 Å². The summed E-state index contributed by atoms with van der Waals surface area (Å²) in [6.45, 7) is 4.33. The third kappa shape index (κ3) is 17.8. The molecule has 0 N–H and O–H groups in total. The molecule has 1 heterocycles. The third-order valence-electron chi connectivity index (χ3n) is 3.17. The second-order valence-electron chi connectivity index (χ2n) is 5.89. The average molecular weight is 468 g/mol. The first kappa shape index (κ1) is 26.4. The Labute approximate surface area is 171 Å². The van der Waals surface area contributed by atoms with Crippen LogP contribution in [-0.4, -0.2) is 4.57 Å². The predicted molar refractivity (Wildman–Crippen MR) is 96.3 cm³/mol. The summed E-state index contributed by atoms with van der Waals surface area (Å²) in [6.07, 6.45) is 8.98. The fourth-order valence-electron chi connectivity index (χ4n) is 2.06. The number of aromatic nitrogens is 2. The van der Waals surface area contributed by atoms with Crippen molar-refractivity contribution in [2.75, 3.05) is 0 Å². The number of rotatable bonds is 5. The SMILES string of the molecule is CCCCn1cc[n+](Cc2ccc[cH-]2)c1.F[P-](F)(F)(F)(F)F.[Fe+2].c1cc[cH-]c1. The van der Waals surface area contributed by atoms with E-state index in [-0.39, 0.29) is 17.1 Å². The molecule has 3 aromatic rings. The second kappa shape index (κ2) is 10.3. The molecule has 0 saturated heterocycles. The molecule has 0 amide bonds. The maximum absolute atomic E-state index is 10.7. The minimum atomic E-state index is -10.7. The van der Waals surface area contributed by atoms with E-state index in [4.69, 9.17) is 0 Å². The average Bonchev–Trinajstić information content (AvgIpc) is 3.27. The first-order valence-electron chi connectivity index (χ1n) is 8.32. The molecule has 0 bridgehead atoms. The van der Waals surface area contributed by atoms with E-state index in [0.29, 0.717) is 0 Å². The number of hydrogen-bond acceptors (Lipinski definition) is 0. The van der Waals surface area contributed by atoms with Gasteiger partial charge in [0.1, 0.15) is 12.4 Å². The van der Waals surface area contributed by atoms with Crippen LogP contribution in [0.15, 0.2) is 73.3 Å². The summed E-state index contributed by atoms with van der Waals surface area (Å²) in [5.74, 6) is 0. The molecule has 0 spiro atoms. The summed E-state index contributed by atoms with van der Waals surface area (Å²) in [7, 11) is -10.7. The second-order valence-corrected chi connectivity index (χ2v) is 7.81. The molecule has 1 aromatic heterocycles. The van der Waals surface area contributed by atoms with Crippen LogP contribution in [0.25, 0.3) is 0 Å². The molecule has 0 unspecified atom stereocenters. The van der Waals surface area contributed by atoms with Gasteiger partial charge in [0.25, 0.3) is 0 Å². The fourth-order valence-corrected chi connectivity index (χ4v) is 2.06. The Balaban J connectivity index is 0.000000468. The topological polar surface area (TPSA) is 8.81 Å². The maximum Gasteiger partial charge on any atom is 2.00 e. The monoisotopic (exact) mass is 468 g/mol. The fraction of sp³-hybridized carbons (Fsp3) is 0.278. The van der Waals surface area contributed by atoms with Crippen molar-refractivity contribution < 1.29 is 46.8 Å². The standard InChI is InChI=1S/C13H18N2.C5H5.F6P.Fe/c1-2-3-8-14-9-10-15(12-14)11-13-6-4-5-7-13;1-2-4-5-3-1;1-7(2,3,4,5)6;/h4-7,9-10,12H,2-3,8,11H2,1H3;1-5H;;/q;2*-1;+2. The van der Waals surface area contributed by atoms with Gasteiger partial charge >= 0.3 is 50.1 Å². The molecule has 0 radical (unpaired) electrons. The van der Waals surface area contributed by atoms with Crippen LogP contribution in [0.2, 0.25) is 0 Å². The molecule has 160 valence electrons. The molecule has 0 fully saturated rings. The molecule has 0 saturated carbocycles. The molecular weight excluding hydrogens is 445 g/mol. The van der Waals surface area contributed by atoms with Crippen molar-refractivity contribution in [1.29, 1.82) is 0 Å². The molecule has 0 aliphatic heterocycles. The van der Waals surface area contributed by atoms with E-state index >= 15 is 0 Å². The quantitative estimate of drug-likeness (QED) is 0.124. The summed E-state index contributed by atoms with van der Waals surface area (Å²) in [4.78, 5) is 0. The Bertz CT molecular complexity index is 721. The normalized spacial score (nSPS) is 13.0. The first-order valence-corrected chi connectivity index (χ1v) is 10.3. The molecule has 0 atom stereocenters. The third-order valence-corrected chi connectivity index (χ3v) is 3.17. The minimum absolute atomic E-state index is 0. The van der Waals surface area contributed by atoms with Crippen LogP contribution in [-0.2, 0) is 30.2 Å². The molecule has 0 aliphatic rings. The zero-order valence-corrected chi connectivity index (χ0v) is 17.2. The van der Waals surface area contributed by atoms with Gasteiger partial charge in [0, 0.05) is 0 Å². The Hall–Kier alpha value is -1.56. The van der Waals surface area contributed by atoms with Gasteiger partial charge in [-0.3, -0.25) is 0 Å². The maximum atomic E-state index is 9.87. The number of unbranched alkanes of at least 4 members (excludes halogenated alkanes) is 1. The summed E-state index contributed by atoms with van der Waals surface area (Å²) >= 11 is 0. The van der Waals surface area contributed by atoms with Gasteiger partial charge in [-0.2, -0.15) is 30.3 Å². The van der Waals surface area contributed by atoms with Crippen molar-refractivity contribution in [3.05, 3.63) is 78.9 Å². The van der Waals surface area contributed by atoms with Gasteiger partial charge in [0.05, 0.1) is 13.1 Å². The van der Waals surface area contributed by atoms with Crippen molar-refractivity contribution in [3.8, 4) is 0 Å². The van der Waals surface area contributed by atoms with E-state index in [9.17, 15) is 25.2 Å². The van der Waals surface area contributed by atoms with Crippen LogP contribution in [0.5, 0.6) is 0 Å². The van der Waals surface area contributed by atoms with E-state index in [1.165, 1.54) is 18.4 Å². The van der Waals surface area contributed by atoms with E-state index in [1.807, 2.05) is 30.3 Å².